The Morgan fingerprint density at radius 1 is 0.585 bits per heavy atom. The Labute approximate surface area is 560 Å². The summed E-state index contributed by atoms with van der Waals surface area (Å²) in [5.74, 6) is -3.03. The molecule has 0 unspecified atom stereocenters. The molecule has 2 aromatic carbocycles. The third kappa shape index (κ3) is 16.7. The first kappa shape index (κ1) is 73.0. The van der Waals surface area contributed by atoms with E-state index in [0.29, 0.717) is 102 Å². The molecule has 0 saturated carbocycles. The number of thiophene rings is 2. The molecule has 7 N–H and O–H groups in total. The summed E-state index contributed by atoms with van der Waals surface area (Å²) >= 11 is 2.29. The zero-order chi connectivity index (χ0) is 68.3. The van der Waals surface area contributed by atoms with Crippen molar-refractivity contribution in [3.63, 3.8) is 0 Å². The van der Waals surface area contributed by atoms with Crippen LogP contribution in [0.15, 0.2) is 82.0 Å². The minimum absolute atomic E-state index is 0.0299. The summed E-state index contributed by atoms with van der Waals surface area (Å²) in [6.45, 7) is 18.0. The fraction of sp³-hybridized carbons (Fsp3) is 0.485. The summed E-state index contributed by atoms with van der Waals surface area (Å²) in [6, 6.07) is 13.8. The van der Waals surface area contributed by atoms with E-state index >= 15 is 0 Å². The molecule has 94 heavy (non-hydrogen) atoms. The molecule has 0 bridgehead atoms. The maximum Gasteiger partial charge on any atom is 0.304 e. The Bertz CT molecular complexity index is 4290. The van der Waals surface area contributed by atoms with Crippen molar-refractivity contribution < 1.29 is 62.7 Å². The summed E-state index contributed by atoms with van der Waals surface area (Å²) in [5, 5.41) is 14.8. The minimum atomic E-state index is -4.83. The van der Waals surface area contributed by atoms with Crippen LogP contribution >= 0.6 is 22.7 Å². The standard InChI is InChI=1S/C68H88N8O13S5/c1-9-15-17-19-30-71-65(79)54-38-44(37-52(73-54)63(77)69-14-6)47-41-50-59(46-26-34-90-61(46)47)76(33-23-36-93(84,85)86)56(67(50,7)27-11-3)24-21-25-57-68(8,28-22-35-92(81,82)83)51-42-48(62-49(60(51)75(57)32-13-5)43-58(91-62)94(87,88)89)45-39-53(64(78)70-29-12-4)74-55(40-45)66(80)72-31-20-18-16-10-2/h21,24-26,34,37-43H,9-20,22-23,27-33,35-36H2,1-8H3,(H6-,69,70,71,72,77,78,79,80,81,82,83,84,85,86,87,88,89)/p+1/t67-,68+/m0/s1. The number of aromatic nitrogens is 2. The average molecular weight is 1390 g/mol. The molecule has 6 heterocycles. The van der Waals surface area contributed by atoms with Gasteiger partial charge in [-0.2, -0.15) is 29.8 Å². The van der Waals surface area contributed by atoms with Crippen LogP contribution in [-0.4, -0.2) is 134 Å². The molecular formula is C68H89N8O13S5+. The first-order valence-electron chi connectivity index (χ1n) is 32.7. The van der Waals surface area contributed by atoms with Gasteiger partial charge in [-0.15, -0.1) is 22.7 Å². The monoisotopic (exact) mass is 1390 g/mol. The van der Waals surface area contributed by atoms with Crippen LogP contribution in [0.1, 0.15) is 205 Å². The van der Waals surface area contributed by atoms with Gasteiger partial charge < -0.3 is 26.2 Å². The van der Waals surface area contributed by atoms with E-state index in [4.69, 9.17) is 0 Å². The van der Waals surface area contributed by atoms with Crippen LogP contribution in [0, 0.1) is 0 Å². The molecule has 2 aliphatic heterocycles. The number of carbonyl (C=O) groups is 4. The molecule has 4 aromatic heterocycles. The number of pyridine rings is 2. The van der Waals surface area contributed by atoms with Gasteiger partial charge in [0.05, 0.1) is 28.0 Å². The first-order valence-corrected chi connectivity index (χ1v) is 39.0. The van der Waals surface area contributed by atoms with Crippen LogP contribution in [-0.2, 0) is 41.2 Å². The molecule has 8 rings (SSSR count). The average Bonchev–Trinajstić information content (AvgIpc) is 1.55. The second-order valence-electron chi connectivity index (χ2n) is 24.6. The van der Waals surface area contributed by atoms with Gasteiger partial charge in [-0.3, -0.25) is 32.8 Å². The lowest BCUT2D eigenvalue weighted by Crippen LogP contribution is -2.32. The van der Waals surface area contributed by atoms with Crippen LogP contribution in [0.25, 0.3) is 42.4 Å². The molecule has 26 heteroatoms. The maximum atomic E-state index is 14.0. The fourth-order valence-corrected chi connectivity index (χ4v) is 16.8. The number of nitrogens with zero attached hydrogens (tertiary/aromatic N) is 4. The van der Waals surface area contributed by atoms with Gasteiger partial charge in [0.15, 0.2) is 5.71 Å². The van der Waals surface area contributed by atoms with Gasteiger partial charge in [0.25, 0.3) is 43.9 Å². The van der Waals surface area contributed by atoms with Crippen molar-refractivity contribution in [2.24, 2.45) is 0 Å². The van der Waals surface area contributed by atoms with Gasteiger partial charge in [0, 0.05) is 87.8 Å². The molecule has 0 radical (unpaired) electrons. The van der Waals surface area contributed by atoms with Crippen LogP contribution in [0.3, 0.4) is 0 Å². The van der Waals surface area contributed by atoms with Crippen molar-refractivity contribution in [1.29, 1.82) is 0 Å². The fourth-order valence-electron chi connectivity index (χ4n) is 13.0. The highest BCUT2D eigenvalue weighted by Crippen LogP contribution is 2.57. The van der Waals surface area contributed by atoms with E-state index in [-0.39, 0.29) is 52.8 Å². The highest BCUT2D eigenvalue weighted by atomic mass is 32.3. The smallest absolute Gasteiger partial charge is 0.304 e. The number of carbonyl (C=O) groups excluding carboxylic acids is 4. The zero-order valence-electron chi connectivity index (χ0n) is 54.9. The molecule has 0 saturated heterocycles. The summed E-state index contributed by atoms with van der Waals surface area (Å²) in [4.78, 5) is 66.6. The molecule has 21 nitrogen and oxygen atoms in total. The van der Waals surface area contributed by atoms with E-state index in [1.54, 1.807) is 25.1 Å². The number of hydrogen-bond acceptors (Lipinski definition) is 15. The van der Waals surface area contributed by atoms with E-state index < -0.39 is 76.3 Å². The number of unbranched alkanes of at least 4 members (excludes halogenated alkanes) is 6. The molecule has 0 spiro atoms. The lowest BCUT2D eigenvalue weighted by Gasteiger charge is -2.30. The Hall–Kier alpha value is -6.78. The first-order chi connectivity index (χ1) is 44.7. The van der Waals surface area contributed by atoms with Crippen molar-refractivity contribution >= 4 is 114 Å². The Morgan fingerprint density at radius 3 is 1.65 bits per heavy atom. The predicted octanol–water partition coefficient (Wildman–Crippen LogP) is 12.7. The lowest BCUT2D eigenvalue weighted by atomic mass is 9.74. The third-order valence-corrected chi connectivity index (χ3v) is 22.5. The minimum Gasteiger partial charge on any atom is -0.351 e. The van der Waals surface area contributed by atoms with E-state index in [9.17, 15) is 58.1 Å². The number of hydrogen-bond donors (Lipinski definition) is 7. The van der Waals surface area contributed by atoms with Crippen molar-refractivity contribution in [3.8, 4) is 22.3 Å². The zero-order valence-corrected chi connectivity index (χ0v) is 59.0. The van der Waals surface area contributed by atoms with Gasteiger partial charge in [0.1, 0.15) is 33.5 Å². The number of benzene rings is 2. The van der Waals surface area contributed by atoms with E-state index in [1.807, 2.05) is 56.5 Å². The molecule has 4 amide bonds. The maximum absolute atomic E-state index is 14.0. The quantitative estimate of drug-likeness (QED) is 0.0112. The van der Waals surface area contributed by atoms with E-state index in [1.165, 1.54) is 23.5 Å². The summed E-state index contributed by atoms with van der Waals surface area (Å²) in [6.07, 6.45) is 15.8. The molecular weight excluding hydrogens is 1300 g/mol. The lowest BCUT2D eigenvalue weighted by molar-refractivity contribution is -0.435. The number of allylic oxidation sites excluding steroid dienone is 4. The molecule has 0 aliphatic carbocycles. The molecule has 508 valence electrons. The van der Waals surface area contributed by atoms with Gasteiger partial charge in [-0.05, 0) is 142 Å². The van der Waals surface area contributed by atoms with Gasteiger partial charge >= 0.3 is 10.1 Å². The largest absolute Gasteiger partial charge is 0.351 e. The number of amides is 4. The number of nitrogens with one attached hydrogen (secondary N) is 4. The van der Waals surface area contributed by atoms with E-state index in [0.717, 1.165) is 95.3 Å². The Morgan fingerprint density at radius 2 is 1.13 bits per heavy atom. The third-order valence-electron chi connectivity index (χ3n) is 17.4. The molecule has 2 atom stereocenters. The highest BCUT2D eigenvalue weighted by molar-refractivity contribution is 7.88. The van der Waals surface area contributed by atoms with E-state index in [2.05, 4.69) is 74.5 Å². The van der Waals surface area contributed by atoms with Crippen molar-refractivity contribution in [1.82, 2.24) is 31.2 Å². The second kappa shape index (κ2) is 31.4. The number of fused-ring (bicyclic) bond motifs is 6. The summed E-state index contributed by atoms with van der Waals surface area (Å²) in [7, 11) is -13.7. The molecule has 2 aliphatic rings. The normalized spacial score (nSPS) is 17.0. The summed E-state index contributed by atoms with van der Waals surface area (Å²) < 4.78 is 111. The Balaban J connectivity index is 1.35. The van der Waals surface area contributed by atoms with Crippen LogP contribution in [0.2, 0.25) is 0 Å². The van der Waals surface area contributed by atoms with Gasteiger partial charge in [-0.25, -0.2) is 9.97 Å². The predicted molar refractivity (Wildman–Crippen MR) is 374 cm³/mol. The Kier molecular flexibility index (Phi) is 24.4. The van der Waals surface area contributed by atoms with Crippen molar-refractivity contribution in [3.05, 3.63) is 112 Å². The second-order valence-corrected chi connectivity index (χ2v) is 31.4. The summed E-state index contributed by atoms with van der Waals surface area (Å²) in [5.41, 5.74) is 4.55. The van der Waals surface area contributed by atoms with Crippen LogP contribution < -0.4 is 26.2 Å². The SMILES string of the molecule is CCCCCCNC(=O)c1cc(-c2cc3c(c4ccsc24)[N+](CCCS(=O)(=O)O)=C(/C=C/C=C2/N(CCC)c4c(cc(-c5cc(C(=O)NCCC)nc(C(=O)NCCCCCC)c5)c5sc(S(=O)(=O)O)cc45)[C@@]2(C)CCCS(=O)(=O)O)[C@@]3(C)CCC)cc(C(=O)NCC)n1. The van der Waals surface area contributed by atoms with Gasteiger partial charge in [0.2, 0.25) is 5.69 Å². The van der Waals surface area contributed by atoms with Crippen LogP contribution in [0.5, 0.6) is 0 Å². The van der Waals surface area contributed by atoms with Crippen molar-refractivity contribution in [2.75, 3.05) is 55.7 Å². The van der Waals surface area contributed by atoms with Crippen LogP contribution in [0.4, 0.5) is 11.4 Å². The van der Waals surface area contributed by atoms with Crippen molar-refractivity contribution in [2.45, 2.75) is 167 Å². The molecule has 0 fully saturated rings. The van der Waals surface area contributed by atoms with Gasteiger partial charge in [-0.1, -0.05) is 85.6 Å². The number of anilines is 1. The topological polar surface area (TPSA) is 312 Å². The highest BCUT2D eigenvalue weighted by Gasteiger charge is 2.50. The number of rotatable bonds is 34. The molecule has 6 aromatic rings.